The number of hydrogen-bond acceptors (Lipinski definition) is 6. The Kier molecular flexibility index (Phi) is 4.97. The molecular weight excluding hydrogens is 348 g/mol. The van der Waals surface area contributed by atoms with E-state index in [-0.39, 0.29) is 12.0 Å². The van der Waals surface area contributed by atoms with Crippen LogP contribution in [0.1, 0.15) is 6.92 Å². The van der Waals surface area contributed by atoms with Crippen molar-refractivity contribution in [1.82, 2.24) is 15.0 Å². The fraction of sp³-hybridized carbons (Fsp3) is 0.250. The topological polar surface area (TPSA) is 69.2 Å². The number of methoxy groups -OCH3 is 1. The number of rotatable bonds is 5. The van der Waals surface area contributed by atoms with Gasteiger partial charge < -0.3 is 14.8 Å². The minimum absolute atomic E-state index is 0.108. The first-order chi connectivity index (χ1) is 9.62. The lowest BCUT2D eigenvalue weighted by atomic mass is 10.3. The van der Waals surface area contributed by atoms with Gasteiger partial charge in [-0.1, -0.05) is 27.5 Å². The lowest BCUT2D eigenvalue weighted by Crippen LogP contribution is -2.06. The van der Waals surface area contributed by atoms with Gasteiger partial charge in [-0.05, 0) is 25.1 Å². The van der Waals surface area contributed by atoms with E-state index in [9.17, 15) is 0 Å². The fourth-order valence-corrected chi connectivity index (χ4v) is 2.08. The first-order valence-corrected chi connectivity index (χ1v) is 6.96. The zero-order valence-electron chi connectivity index (χ0n) is 10.9. The van der Waals surface area contributed by atoms with Crippen molar-refractivity contribution in [2.45, 2.75) is 6.92 Å². The molecule has 0 aliphatic heterocycles. The zero-order chi connectivity index (χ0) is 14.5. The van der Waals surface area contributed by atoms with Gasteiger partial charge in [0.05, 0.1) is 12.1 Å². The molecule has 0 saturated carbocycles. The standard InChI is InChI=1S/C12H12BrClN4O2/c1-3-15-10-16-11(19-2)18-12(17-10)20-9-5-4-7(13)6-8(9)14/h4-6H,3H2,1-2H3,(H,15,16,17,18). The quantitative estimate of drug-likeness (QED) is 0.881. The van der Waals surface area contributed by atoms with Gasteiger partial charge in [-0.2, -0.15) is 9.97 Å². The zero-order valence-corrected chi connectivity index (χ0v) is 13.2. The van der Waals surface area contributed by atoms with Gasteiger partial charge in [0.25, 0.3) is 0 Å². The summed E-state index contributed by atoms with van der Waals surface area (Å²) in [5.74, 6) is 0.827. The molecule has 0 fully saturated rings. The second-order valence-electron chi connectivity index (χ2n) is 3.64. The lowest BCUT2D eigenvalue weighted by Gasteiger charge is -2.08. The largest absolute Gasteiger partial charge is 0.467 e. The van der Waals surface area contributed by atoms with Crippen LogP contribution >= 0.6 is 27.5 Å². The normalized spacial score (nSPS) is 10.2. The molecule has 2 aromatic rings. The smallest absolute Gasteiger partial charge is 0.330 e. The third-order valence-electron chi connectivity index (χ3n) is 2.21. The highest BCUT2D eigenvalue weighted by Crippen LogP contribution is 2.30. The highest BCUT2D eigenvalue weighted by atomic mass is 79.9. The molecule has 0 unspecified atom stereocenters. The molecule has 106 valence electrons. The van der Waals surface area contributed by atoms with Crippen LogP contribution in [0, 0.1) is 0 Å². The minimum Gasteiger partial charge on any atom is -0.467 e. The SMILES string of the molecule is CCNc1nc(OC)nc(Oc2ccc(Br)cc2Cl)n1. The van der Waals surface area contributed by atoms with Gasteiger partial charge in [-0.25, -0.2) is 0 Å². The number of nitrogens with zero attached hydrogens (tertiary/aromatic N) is 3. The Hall–Kier alpha value is -1.60. The molecule has 2 rings (SSSR count). The van der Waals surface area contributed by atoms with E-state index < -0.39 is 0 Å². The van der Waals surface area contributed by atoms with Gasteiger partial charge in [-0.15, -0.1) is 4.98 Å². The molecule has 1 aromatic carbocycles. The Bertz CT molecular complexity index is 612. The first kappa shape index (κ1) is 14.8. The van der Waals surface area contributed by atoms with Gasteiger partial charge in [0, 0.05) is 11.0 Å². The fourth-order valence-electron chi connectivity index (χ4n) is 1.37. The molecule has 0 aliphatic carbocycles. The van der Waals surface area contributed by atoms with Gasteiger partial charge in [0.15, 0.2) is 0 Å². The Labute approximate surface area is 129 Å². The summed E-state index contributed by atoms with van der Waals surface area (Å²) in [5, 5.41) is 3.42. The van der Waals surface area contributed by atoms with Crippen molar-refractivity contribution >= 4 is 33.5 Å². The van der Waals surface area contributed by atoms with Gasteiger partial charge in [-0.3, -0.25) is 0 Å². The van der Waals surface area contributed by atoms with Crippen molar-refractivity contribution < 1.29 is 9.47 Å². The molecular formula is C12H12BrClN4O2. The van der Waals surface area contributed by atoms with Crippen molar-refractivity contribution in [1.29, 1.82) is 0 Å². The molecule has 0 saturated heterocycles. The van der Waals surface area contributed by atoms with Gasteiger partial charge in [0.2, 0.25) is 5.95 Å². The van der Waals surface area contributed by atoms with Crippen molar-refractivity contribution in [2.75, 3.05) is 19.0 Å². The molecule has 0 bridgehead atoms. The number of benzene rings is 1. The number of nitrogens with one attached hydrogen (secondary N) is 1. The average molecular weight is 360 g/mol. The van der Waals surface area contributed by atoms with E-state index in [1.165, 1.54) is 7.11 Å². The van der Waals surface area contributed by atoms with Crippen LogP contribution in [0.2, 0.25) is 5.02 Å². The molecule has 0 atom stereocenters. The van der Waals surface area contributed by atoms with Crippen molar-refractivity contribution in [3.05, 3.63) is 27.7 Å². The Morgan fingerprint density at radius 2 is 2.00 bits per heavy atom. The molecule has 0 amide bonds. The summed E-state index contributed by atoms with van der Waals surface area (Å²) in [6.07, 6.45) is 0. The maximum atomic E-state index is 6.08. The summed E-state index contributed by atoms with van der Waals surface area (Å²) in [4.78, 5) is 12.2. The van der Waals surface area contributed by atoms with E-state index >= 15 is 0 Å². The molecule has 0 aliphatic rings. The van der Waals surface area contributed by atoms with Gasteiger partial charge >= 0.3 is 12.0 Å². The van der Waals surface area contributed by atoms with Crippen LogP contribution in [0.5, 0.6) is 17.8 Å². The Morgan fingerprint density at radius 3 is 2.65 bits per heavy atom. The van der Waals surface area contributed by atoms with Crippen molar-refractivity contribution in [2.24, 2.45) is 0 Å². The van der Waals surface area contributed by atoms with E-state index in [0.717, 1.165) is 4.47 Å². The van der Waals surface area contributed by atoms with E-state index in [1.54, 1.807) is 12.1 Å². The summed E-state index contributed by atoms with van der Waals surface area (Å²) in [6.45, 7) is 2.61. The summed E-state index contributed by atoms with van der Waals surface area (Å²) in [6, 6.07) is 5.53. The molecule has 1 heterocycles. The van der Waals surface area contributed by atoms with Crippen molar-refractivity contribution in [3.63, 3.8) is 0 Å². The average Bonchev–Trinajstić information content (AvgIpc) is 2.42. The van der Waals surface area contributed by atoms with Crippen LogP contribution in [0.15, 0.2) is 22.7 Å². The molecule has 1 N–H and O–H groups in total. The predicted molar refractivity (Wildman–Crippen MR) is 79.8 cm³/mol. The third kappa shape index (κ3) is 3.71. The maximum absolute atomic E-state index is 6.08. The van der Waals surface area contributed by atoms with E-state index in [0.29, 0.717) is 23.3 Å². The number of anilines is 1. The van der Waals surface area contributed by atoms with E-state index in [4.69, 9.17) is 21.1 Å². The lowest BCUT2D eigenvalue weighted by molar-refractivity contribution is 0.360. The second kappa shape index (κ2) is 6.71. The second-order valence-corrected chi connectivity index (χ2v) is 4.96. The summed E-state index contributed by atoms with van der Waals surface area (Å²) in [7, 11) is 1.47. The van der Waals surface area contributed by atoms with Crippen LogP contribution < -0.4 is 14.8 Å². The Morgan fingerprint density at radius 1 is 1.25 bits per heavy atom. The van der Waals surface area contributed by atoms with Crippen LogP contribution in [0.4, 0.5) is 5.95 Å². The summed E-state index contributed by atoms with van der Waals surface area (Å²) < 4.78 is 11.4. The van der Waals surface area contributed by atoms with Crippen molar-refractivity contribution in [3.8, 4) is 17.8 Å². The number of hydrogen-bond donors (Lipinski definition) is 1. The first-order valence-electron chi connectivity index (χ1n) is 5.79. The highest BCUT2D eigenvalue weighted by molar-refractivity contribution is 9.10. The monoisotopic (exact) mass is 358 g/mol. The van der Waals surface area contributed by atoms with E-state index in [1.807, 2.05) is 13.0 Å². The maximum Gasteiger partial charge on any atom is 0.330 e. The van der Waals surface area contributed by atoms with Crippen LogP contribution in [-0.2, 0) is 0 Å². The van der Waals surface area contributed by atoms with Crippen LogP contribution in [0.3, 0.4) is 0 Å². The van der Waals surface area contributed by atoms with Crippen LogP contribution in [-0.4, -0.2) is 28.6 Å². The molecule has 1 aromatic heterocycles. The minimum atomic E-state index is 0.108. The summed E-state index contributed by atoms with van der Waals surface area (Å²) >= 11 is 9.41. The molecule has 8 heteroatoms. The number of halogens is 2. The van der Waals surface area contributed by atoms with E-state index in [2.05, 4.69) is 36.2 Å². The van der Waals surface area contributed by atoms with Gasteiger partial charge in [0.1, 0.15) is 5.75 Å². The predicted octanol–water partition coefficient (Wildman–Crippen LogP) is 3.52. The molecule has 0 radical (unpaired) electrons. The number of ether oxygens (including phenoxy) is 2. The third-order valence-corrected chi connectivity index (χ3v) is 3.00. The highest BCUT2D eigenvalue weighted by Gasteiger charge is 2.10. The summed E-state index contributed by atoms with van der Waals surface area (Å²) in [5.41, 5.74) is 0. The molecule has 6 nitrogen and oxygen atoms in total. The Balaban J connectivity index is 2.29. The number of aromatic nitrogens is 3. The molecule has 20 heavy (non-hydrogen) atoms. The van der Waals surface area contributed by atoms with Crippen LogP contribution in [0.25, 0.3) is 0 Å². The molecule has 0 spiro atoms.